The third kappa shape index (κ3) is 3.06. The van der Waals surface area contributed by atoms with Crippen LogP contribution in [-0.4, -0.2) is 11.8 Å². The molecule has 1 aromatic carbocycles. The van der Waals surface area contributed by atoms with Crippen LogP contribution in [0, 0.1) is 0 Å². The van der Waals surface area contributed by atoms with Crippen LogP contribution in [-0.2, 0) is 15.9 Å². The van der Waals surface area contributed by atoms with Gasteiger partial charge in [0.25, 0.3) is 0 Å². The molecule has 1 aliphatic rings. The first-order valence-corrected chi connectivity index (χ1v) is 6.52. The number of pyridine rings is 1. The summed E-state index contributed by atoms with van der Waals surface area (Å²) >= 11 is 0. The SMILES string of the molecule is C(=C(Cc1ccccc1)C1=COCO1)c1ccccn1. The molecule has 3 rings (SSSR count). The maximum absolute atomic E-state index is 5.50. The van der Waals surface area contributed by atoms with Crippen molar-refractivity contribution in [3.8, 4) is 0 Å². The normalized spacial score (nSPS) is 14.4. The molecule has 20 heavy (non-hydrogen) atoms. The Labute approximate surface area is 118 Å². The number of hydrogen-bond acceptors (Lipinski definition) is 3. The van der Waals surface area contributed by atoms with Crippen LogP contribution >= 0.6 is 0 Å². The summed E-state index contributed by atoms with van der Waals surface area (Å²) in [5.74, 6) is 0.777. The predicted octanol–water partition coefficient (Wildman–Crippen LogP) is 3.55. The molecule has 1 aromatic heterocycles. The molecule has 0 saturated heterocycles. The maximum Gasteiger partial charge on any atom is 0.230 e. The first kappa shape index (κ1) is 12.5. The van der Waals surface area contributed by atoms with Gasteiger partial charge in [-0.15, -0.1) is 0 Å². The minimum Gasteiger partial charge on any atom is -0.461 e. The number of aromatic nitrogens is 1. The van der Waals surface area contributed by atoms with Crippen LogP contribution < -0.4 is 0 Å². The van der Waals surface area contributed by atoms with Crippen LogP contribution in [0.15, 0.2) is 72.3 Å². The van der Waals surface area contributed by atoms with Gasteiger partial charge in [0.15, 0.2) is 5.76 Å². The van der Waals surface area contributed by atoms with Crippen molar-refractivity contribution in [3.05, 3.63) is 83.6 Å². The third-order valence-corrected chi connectivity index (χ3v) is 3.04. The lowest BCUT2D eigenvalue weighted by atomic mass is 10.0. The van der Waals surface area contributed by atoms with Crippen molar-refractivity contribution in [2.75, 3.05) is 6.79 Å². The second-order valence-electron chi connectivity index (χ2n) is 4.50. The van der Waals surface area contributed by atoms with Gasteiger partial charge in [0.1, 0.15) is 6.26 Å². The largest absolute Gasteiger partial charge is 0.461 e. The highest BCUT2D eigenvalue weighted by Gasteiger charge is 2.13. The van der Waals surface area contributed by atoms with Crippen molar-refractivity contribution < 1.29 is 9.47 Å². The van der Waals surface area contributed by atoms with E-state index in [4.69, 9.17) is 9.47 Å². The number of ether oxygens (including phenoxy) is 2. The van der Waals surface area contributed by atoms with E-state index in [1.54, 1.807) is 12.5 Å². The molecular formula is C17H15NO2. The zero-order valence-corrected chi connectivity index (χ0v) is 11.0. The highest BCUT2D eigenvalue weighted by Crippen LogP contribution is 2.23. The van der Waals surface area contributed by atoms with E-state index < -0.39 is 0 Å². The molecular weight excluding hydrogens is 250 g/mol. The fraction of sp³-hybridized carbons (Fsp3) is 0.118. The zero-order valence-electron chi connectivity index (χ0n) is 11.0. The van der Waals surface area contributed by atoms with E-state index in [0.717, 1.165) is 23.4 Å². The first-order chi connectivity index (χ1) is 9.92. The Morgan fingerprint density at radius 1 is 1.10 bits per heavy atom. The number of hydrogen-bond donors (Lipinski definition) is 0. The molecule has 0 bridgehead atoms. The van der Waals surface area contributed by atoms with E-state index in [1.165, 1.54) is 5.56 Å². The smallest absolute Gasteiger partial charge is 0.230 e. The van der Waals surface area contributed by atoms with Gasteiger partial charge in [0.05, 0.1) is 5.69 Å². The Kier molecular flexibility index (Phi) is 3.78. The predicted molar refractivity (Wildman–Crippen MR) is 77.5 cm³/mol. The van der Waals surface area contributed by atoms with E-state index >= 15 is 0 Å². The highest BCUT2D eigenvalue weighted by molar-refractivity contribution is 5.55. The lowest BCUT2D eigenvalue weighted by Gasteiger charge is -2.08. The van der Waals surface area contributed by atoms with Gasteiger partial charge in [-0.05, 0) is 23.8 Å². The molecule has 0 fully saturated rings. The van der Waals surface area contributed by atoms with Gasteiger partial charge in [0.2, 0.25) is 6.79 Å². The molecule has 0 N–H and O–H groups in total. The molecule has 0 unspecified atom stereocenters. The highest BCUT2D eigenvalue weighted by atomic mass is 16.7. The monoisotopic (exact) mass is 265 g/mol. The number of rotatable bonds is 4. The molecule has 1 aliphatic heterocycles. The van der Waals surface area contributed by atoms with Gasteiger partial charge < -0.3 is 9.47 Å². The molecule has 0 spiro atoms. The molecule has 2 heterocycles. The van der Waals surface area contributed by atoms with Crippen molar-refractivity contribution in [2.45, 2.75) is 6.42 Å². The van der Waals surface area contributed by atoms with E-state index in [1.807, 2.05) is 42.5 Å². The van der Waals surface area contributed by atoms with Crippen molar-refractivity contribution in [2.24, 2.45) is 0 Å². The van der Waals surface area contributed by atoms with Crippen LogP contribution in [0.3, 0.4) is 0 Å². The summed E-state index contributed by atoms with van der Waals surface area (Å²) in [6.45, 7) is 0.281. The quantitative estimate of drug-likeness (QED) is 0.847. The van der Waals surface area contributed by atoms with Crippen LogP contribution in [0.2, 0.25) is 0 Å². The Morgan fingerprint density at radius 2 is 1.95 bits per heavy atom. The van der Waals surface area contributed by atoms with Crippen LogP contribution in [0.4, 0.5) is 0 Å². The fourth-order valence-corrected chi connectivity index (χ4v) is 2.07. The Balaban J connectivity index is 1.90. The third-order valence-electron chi connectivity index (χ3n) is 3.04. The minimum absolute atomic E-state index is 0.281. The zero-order chi connectivity index (χ0) is 13.6. The standard InChI is InChI=1S/C17H15NO2/c1-2-6-14(7-3-1)10-15(17-12-19-13-20-17)11-16-8-4-5-9-18-16/h1-9,11-12H,10,13H2. The molecule has 3 heteroatoms. The van der Waals surface area contributed by atoms with Crippen LogP contribution in [0.1, 0.15) is 11.3 Å². The van der Waals surface area contributed by atoms with Gasteiger partial charge in [-0.2, -0.15) is 0 Å². The summed E-state index contributed by atoms with van der Waals surface area (Å²) in [6.07, 6.45) is 6.27. The molecule has 0 amide bonds. The van der Waals surface area contributed by atoms with Gasteiger partial charge >= 0.3 is 0 Å². The van der Waals surface area contributed by atoms with Gasteiger partial charge in [-0.1, -0.05) is 36.4 Å². The van der Waals surface area contributed by atoms with E-state index in [0.29, 0.717) is 0 Å². The van der Waals surface area contributed by atoms with Crippen molar-refractivity contribution in [1.29, 1.82) is 0 Å². The Hall–Kier alpha value is -2.55. The average molecular weight is 265 g/mol. The fourth-order valence-electron chi connectivity index (χ4n) is 2.07. The van der Waals surface area contributed by atoms with Gasteiger partial charge in [-0.3, -0.25) is 4.98 Å². The van der Waals surface area contributed by atoms with Crippen LogP contribution in [0.5, 0.6) is 0 Å². The van der Waals surface area contributed by atoms with Crippen molar-refractivity contribution in [3.63, 3.8) is 0 Å². The van der Waals surface area contributed by atoms with Gasteiger partial charge in [-0.25, -0.2) is 0 Å². The Morgan fingerprint density at radius 3 is 2.65 bits per heavy atom. The second-order valence-corrected chi connectivity index (χ2v) is 4.50. The summed E-state index contributed by atoms with van der Waals surface area (Å²) in [4.78, 5) is 4.33. The summed E-state index contributed by atoms with van der Waals surface area (Å²) in [7, 11) is 0. The first-order valence-electron chi connectivity index (χ1n) is 6.52. The number of benzene rings is 1. The lowest BCUT2D eigenvalue weighted by Crippen LogP contribution is -1.97. The number of nitrogens with zero attached hydrogens (tertiary/aromatic N) is 1. The molecule has 0 saturated carbocycles. The lowest BCUT2D eigenvalue weighted by molar-refractivity contribution is 0.0830. The summed E-state index contributed by atoms with van der Waals surface area (Å²) in [6, 6.07) is 16.1. The van der Waals surface area contributed by atoms with Gasteiger partial charge in [0, 0.05) is 18.2 Å². The summed E-state index contributed by atoms with van der Waals surface area (Å²) in [5.41, 5.74) is 3.20. The summed E-state index contributed by atoms with van der Waals surface area (Å²) in [5, 5.41) is 0. The summed E-state index contributed by atoms with van der Waals surface area (Å²) < 4.78 is 10.7. The van der Waals surface area contributed by atoms with E-state index in [-0.39, 0.29) is 6.79 Å². The molecule has 2 aromatic rings. The van der Waals surface area contributed by atoms with Crippen molar-refractivity contribution in [1.82, 2.24) is 4.98 Å². The number of allylic oxidation sites excluding steroid dienone is 1. The van der Waals surface area contributed by atoms with E-state index in [9.17, 15) is 0 Å². The minimum atomic E-state index is 0.281. The molecule has 0 aliphatic carbocycles. The maximum atomic E-state index is 5.50. The van der Waals surface area contributed by atoms with E-state index in [2.05, 4.69) is 17.1 Å². The van der Waals surface area contributed by atoms with Crippen molar-refractivity contribution >= 4 is 6.08 Å². The molecule has 100 valence electrons. The second kappa shape index (κ2) is 6.06. The molecule has 0 radical (unpaired) electrons. The topological polar surface area (TPSA) is 31.4 Å². The molecule has 3 nitrogen and oxygen atoms in total. The molecule has 0 atom stereocenters. The van der Waals surface area contributed by atoms with Crippen LogP contribution in [0.25, 0.3) is 6.08 Å². The Bertz CT molecular complexity index is 618. The average Bonchev–Trinajstić information content (AvgIpc) is 3.03.